The van der Waals surface area contributed by atoms with Crippen molar-refractivity contribution < 1.29 is 22.8 Å². The second-order valence-corrected chi connectivity index (χ2v) is 11.9. The van der Waals surface area contributed by atoms with Crippen molar-refractivity contribution in [3.63, 3.8) is 0 Å². The maximum absolute atomic E-state index is 13.2. The molecule has 3 amide bonds. The number of unbranched alkanes of at least 4 members (excludes halogenated alkanes) is 2. The molecule has 1 aliphatic rings. The molecule has 9 nitrogen and oxygen atoms in total. The molecule has 0 bridgehead atoms. The fourth-order valence-electron chi connectivity index (χ4n) is 4.14. The number of hydrogen-bond donors (Lipinski definition) is 2. The lowest BCUT2D eigenvalue weighted by molar-refractivity contribution is -0.129. The van der Waals surface area contributed by atoms with Crippen LogP contribution in [-0.4, -0.2) is 55.0 Å². The van der Waals surface area contributed by atoms with Crippen LogP contribution in [-0.2, 0) is 27.8 Å². The molecule has 3 N–H and O–H groups in total. The number of rotatable bonds is 11. The van der Waals surface area contributed by atoms with E-state index >= 15 is 0 Å². The van der Waals surface area contributed by atoms with Gasteiger partial charge in [-0.3, -0.25) is 14.4 Å². The maximum Gasteiger partial charge on any atom is 0.256 e. The number of amides is 3. The average molecular weight is 535 g/mol. The first-order chi connectivity index (χ1) is 17.1. The Balaban J connectivity index is 1.81. The topological polar surface area (TPSA) is 130 Å². The smallest absolute Gasteiger partial charge is 0.256 e. The molecule has 0 spiro atoms. The van der Waals surface area contributed by atoms with Crippen LogP contribution in [0.2, 0.25) is 0 Å². The van der Waals surface area contributed by atoms with Crippen LogP contribution in [0.5, 0.6) is 0 Å². The van der Waals surface area contributed by atoms with Gasteiger partial charge in [-0.15, -0.1) is 11.3 Å². The Bertz CT molecular complexity index is 1210. The zero-order valence-electron chi connectivity index (χ0n) is 21.0. The van der Waals surface area contributed by atoms with Gasteiger partial charge in [0.15, 0.2) is 0 Å². The van der Waals surface area contributed by atoms with Crippen LogP contribution >= 0.6 is 11.3 Å². The molecule has 0 atom stereocenters. The number of thiophene rings is 1. The van der Waals surface area contributed by atoms with E-state index in [0.717, 1.165) is 36.1 Å². The lowest BCUT2D eigenvalue weighted by Crippen LogP contribution is -2.34. The highest BCUT2D eigenvalue weighted by Gasteiger charge is 2.29. The molecule has 0 saturated carbocycles. The van der Waals surface area contributed by atoms with Crippen molar-refractivity contribution >= 4 is 44.1 Å². The first kappa shape index (κ1) is 27.8. The van der Waals surface area contributed by atoms with Gasteiger partial charge < -0.3 is 16.0 Å². The standard InChI is InChI=1S/C25H34N4O5S2/c1-4-6-13-29(14-7-5-2)36(33,34)19-10-8-18(9-11-19)24(32)27-25-22(23(26)31)20-12-15-28(17(3)30)16-21(20)35-25/h8-11H,4-7,12-16H2,1-3H3,(H2,26,31)(H,27,32). The van der Waals surface area contributed by atoms with Crippen molar-refractivity contribution in [2.75, 3.05) is 25.0 Å². The maximum atomic E-state index is 13.2. The van der Waals surface area contributed by atoms with E-state index in [9.17, 15) is 22.8 Å². The third kappa shape index (κ3) is 6.13. The van der Waals surface area contributed by atoms with Gasteiger partial charge in [-0.1, -0.05) is 26.7 Å². The first-order valence-electron chi connectivity index (χ1n) is 12.2. The lowest BCUT2D eigenvalue weighted by atomic mass is 10.0. The van der Waals surface area contributed by atoms with Crippen molar-refractivity contribution in [1.29, 1.82) is 0 Å². The van der Waals surface area contributed by atoms with E-state index in [1.54, 1.807) is 4.90 Å². The molecule has 0 unspecified atom stereocenters. The Labute approximate surface area is 216 Å². The monoisotopic (exact) mass is 534 g/mol. The van der Waals surface area contributed by atoms with Crippen LogP contribution in [0.1, 0.15) is 77.6 Å². The Hall–Kier alpha value is -2.76. The predicted molar refractivity (Wildman–Crippen MR) is 141 cm³/mol. The molecule has 1 aliphatic heterocycles. The number of fused-ring (bicyclic) bond motifs is 1. The second kappa shape index (κ2) is 12.0. The van der Waals surface area contributed by atoms with Crippen molar-refractivity contribution in [2.24, 2.45) is 5.73 Å². The lowest BCUT2D eigenvalue weighted by Gasteiger charge is -2.25. The van der Waals surface area contributed by atoms with Crippen molar-refractivity contribution in [3.05, 3.63) is 45.8 Å². The van der Waals surface area contributed by atoms with Gasteiger partial charge in [0.25, 0.3) is 11.8 Å². The number of nitrogens with zero attached hydrogens (tertiary/aromatic N) is 2. The predicted octanol–water partition coefficient (Wildman–Crippen LogP) is 3.59. The van der Waals surface area contributed by atoms with Crippen molar-refractivity contribution in [1.82, 2.24) is 9.21 Å². The molecule has 0 radical (unpaired) electrons. The van der Waals surface area contributed by atoms with E-state index in [1.807, 2.05) is 13.8 Å². The summed E-state index contributed by atoms with van der Waals surface area (Å²) in [6.07, 6.45) is 3.83. The SMILES string of the molecule is CCCCN(CCCC)S(=O)(=O)c1ccc(C(=O)Nc2sc3c(c2C(N)=O)CCN(C(C)=O)C3)cc1. The quantitative estimate of drug-likeness (QED) is 0.455. The van der Waals surface area contributed by atoms with Gasteiger partial charge in [-0.05, 0) is 49.1 Å². The molecule has 196 valence electrons. The van der Waals surface area contributed by atoms with E-state index in [2.05, 4.69) is 5.32 Å². The molecule has 0 saturated heterocycles. The summed E-state index contributed by atoms with van der Waals surface area (Å²) in [6, 6.07) is 5.81. The zero-order valence-corrected chi connectivity index (χ0v) is 22.6. The molecule has 2 aromatic rings. The van der Waals surface area contributed by atoms with Crippen LogP contribution in [0.4, 0.5) is 5.00 Å². The Kier molecular flexibility index (Phi) is 9.26. The molecule has 11 heteroatoms. The molecule has 0 fully saturated rings. The number of primary amides is 1. The highest BCUT2D eigenvalue weighted by Crippen LogP contribution is 2.37. The molecule has 2 heterocycles. The summed E-state index contributed by atoms with van der Waals surface area (Å²) in [5.74, 6) is -1.17. The average Bonchev–Trinajstić information content (AvgIpc) is 3.21. The molecular weight excluding hydrogens is 500 g/mol. The van der Waals surface area contributed by atoms with E-state index in [1.165, 1.54) is 46.8 Å². The highest BCUT2D eigenvalue weighted by atomic mass is 32.2. The van der Waals surface area contributed by atoms with Crippen LogP contribution in [0.25, 0.3) is 0 Å². The molecule has 0 aliphatic carbocycles. The summed E-state index contributed by atoms with van der Waals surface area (Å²) in [7, 11) is -3.67. The third-order valence-electron chi connectivity index (χ3n) is 6.25. The van der Waals surface area contributed by atoms with E-state index in [4.69, 9.17) is 5.73 Å². The summed E-state index contributed by atoms with van der Waals surface area (Å²) >= 11 is 1.23. The van der Waals surface area contributed by atoms with Gasteiger partial charge in [0.1, 0.15) is 5.00 Å². The van der Waals surface area contributed by atoms with Crippen LogP contribution in [0, 0.1) is 0 Å². The van der Waals surface area contributed by atoms with E-state index in [-0.39, 0.29) is 21.9 Å². The first-order valence-corrected chi connectivity index (χ1v) is 14.5. The van der Waals surface area contributed by atoms with Gasteiger partial charge in [-0.2, -0.15) is 4.31 Å². The summed E-state index contributed by atoms with van der Waals surface area (Å²) in [5.41, 5.74) is 6.92. The van der Waals surface area contributed by atoms with Gasteiger partial charge in [-0.25, -0.2) is 8.42 Å². The minimum absolute atomic E-state index is 0.0572. The number of benzene rings is 1. The van der Waals surface area contributed by atoms with Crippen molar-refractivity contribution in [3.8, 4) is 0 Å². The van der Waals surface area contributed by atoms with Crippen LogP contribution in [0.3, 0.4) is 0 Å². The zero-order chi connectivity index (χ0) is 26.5. The summed E-state index contributed by atoms with van der Waals surface area (Å²) in [4.78, 5) is 39.6. The number of nitrogens with one attached hydrogen (secondary N) is 1. The minimum atomic E-state index is -3.67. The number of anilines is 1. The highest BCUT2D eigenvalue weighted by molar-refractivity contribution is 7.89. The number of carbonyl (C=O) groups excluding carboxylic acids is 3. The van der Waals surface area contributed by atoms with Gasteiger partial charge in [0, 0.05) is 37.0 Å². The van der Waals surface area contributed by atoms with E-state index < -0.39 is 21.8 Å². The summed E-state index contributed by atoms with van der Waals surface area (Å²) < 4.78 is 27.8. The number of hydrogen-bond acceptors (Lipinski definition) is 6. The summed E-state index contributed by atoms with van der Waals surface area (Å²) in [5, 5.41) is 3.10. The summed E-state index contributed by atoms with van der Waals surface area (Å²) in [6.45, 7) is 7.30. The third-order valence-corrected chi connectivity index (χ3v) is 9.30. The van der Waals surface area contributed by atoms with Gasteiger partial charge in [0.2, 0.25) is 15.9 Å². The van der Waals surface area contributed by atoms with Crippen LogP contribution < -0.4 is 11.1 Å². The number of nitrogens with two attached hydrogens (primary N) is 1. The second-order valence-electron chi connectivity index (χ2n) is 8.85. The van der Waals surface area contributed by atoms with Gasteiger partial charge >= 0.3 is 0 Å². The Morgan fingerprint density at radius 1 is 1.08 bits per heavy atom. The fourth-order valence-corrected chi connectivity index (χ4v) is 6.93. The normalized spacial score (nSPS) is 13.5. The van der Waals surface area contributed by atoms with Gasteiger partial charge in [0.05, 0.1) is 17.0 Å². The van der Waals surface area contributed by atoms with Crippen LogP contribution in [0.15, 0.2) is 29.2 Å². The number of sulfonamides is 1. The van der Waals surface area contributed by atoms with Crippen molar-refractivity contribution in [2.45, 2.75) is 64.3 Å². The molecular formula is C25H34N4O5S2. The number of carbonyl (C=O) groups is 3. The largest absolute Gasteiger partial charge is 0.365 e. The molecule has 1 aromatic heterocycles. The minimum Gasteiger partial charge on any atom is -0.365 e. The Morgan fingerprint density at radius 2 is 1.69 bits per heavy atom. The fraction of sp³-hybridized carbons (Fsp3) is 0.480. The molecule has 36 heavy (non-hydrogen) atoms. The molecule has 1 aromatic carbocycles. The molecule has 3 rings (SSSR count). The Morgan fingerprint density at radius 3 is 2.22 bits per heavy atom. The van der Waals surface area contributed by atoms with E-state index in [0.29, 0.717) is 37.6 Å².